The molecule has 0 aromatic carbocycles. The second-order valence-electron chi connectivity index (χ2n) is 6.19. The molecule has 128 valence electrons. The number of aromatic nitrogens is 3. The van der Waals surface area contributed by atoms with Gasteiger partial charge in [0.25, 0.3) is 0 Å². The Labute approximate surface area is 142 Å². The van der Waals surface area contributed by atoms with Gasteiger partial charge in [0.05, 0.1) is 12.7 Å². The summed E-state index contributed by atoms with van der Waals surface area (Å²) in [5.41, 5.74) is 1.07. The van der Waals surface area contributed by atoms with E-state index in [2.05, 4.69) is 9.97 Å². The molecule has 1 amide bonds. The zero-order chi connectivity index (χ0) is 16.8. The first kappa shape index (κ1) is 16.6. The lowest BCUT2D eigenvalue weighted by Gasteiger charge is -2.32. The number of hydrogen-bond acceptors (Lipinski definition) is 4. The highest BCUT2D eigenvalue weighted by molar-refractivity contribution is 5.76. The summed E-state index contributed by atoms with van der Waals surface area (Å²) < 4.78 is 7.98. The van der Waals surface area contributed by atoms with Crippen molar-refractivity contribution in [2.24, 2.45) is 0 Å². The Bertz CT molecular complexity index is 656. The lowest BCUT2D eigenvalue weighted by Crippen LogP contribution is -2.43. The van der Waals surface area contributed by atoms with E-state index in [1.54, 1.807) is 12.4 Å². The number of imidazole rings is 1. The minimum atomic E-state index is 0.109. The third-order valence-electron chi connectivity index (χ3n) is 4.43. The number of pyridine rings is 1. The van der Waals surface area contributed by atoms with E-state index in [1.165, 1.54) is 0 Å². The molecular weight excluding hydrogens is 304 g/mol. The Morgan fingerprint density at radius 3 is 3.08 bits per heavy atom. The SMILES string of the molecule is Cc1nccn1CCC(=O)N1CCC[C@H](OCc2cccnc2)C1. The zero-order valence-corrected chi connectivity index (χ0v) is 14.1. The van der Waals surface area contributed by atoms with E-state index >= 15 is 0 Å². The maximum atomic E-state index is 12.5. The van der Waals surface area contributed by atoms with E-state index in [1.807, 2.05) is 40.9 Å². The largest absolute Gasteiger partial charge is 0.372 e. The van der Waals surface area contributed by atoms with Crippen LogP contribution in [0.25, 0.3) is 0 Å². The molecule has 0 bridgehead atoms. The number of aryl methyl sites for hydroxylation is 2. The molecule has 6 nitrogen and oxygen atoms in total. The number of likely N-dealkylation sites (tertiary alicyclic amines) is 1. The zero-order valence-electron chi connectivity index (χ0n) is 14.1. The molecule has 1 aliphatic heterocycles. The highest BCUT2D eigenvalue weighted by atomic mass is 16.5. The molecule has 1 atom stereocenters. The molecule has 1 aliphatic rings. The molecule has 1 saturated heterocycles. The Morgan fingerprint density at radius 2 is 2.33 bits per heavy atom. The topological polar surface area (TPSA) is 60.2 Å². The van der Waals surface area contributed by atoms with Gasteiger partial charge >= 0.3 is 0 Å². The first-order valence-electron chi connectivity index (χ1n) is 8.48. The smallest absolute Gasteiger partial charge is 0.224 e. The molecule has 24 heavy (non-hydrogen) atoms. The van der Waals surface area contributed by atoms with E-state index in [0.29, 0.717) is 26.1 Å². The molecule has 0 N–H and O–H groups in total. The van der Waals surface area contributed by atoms with Crippen molar-refractivity contribution in [2.75, 3.05) is 13.1 Å². The summed E-state index contributed by atoms with van der Waals surface area (Å²) in [5.74, 6) is 1.14. The normalized spacial score (nSPS) is 17.9. The van der Waals surface area contributed by atoms with Gasteiger partial charge in [-0.1, -0.05) is 6.07 Å². The standard InChI is InChI=1S/C18H24N4O2/c1-15-20-8-11-21(15)10-6-18(23)22-9-3-5-17(13-22)24-14-16-4-2-7-19-12-16/h2,4,7-8,11-12,17H,3,5-6,9-10,13-14H2,1H3/t17-/m0/s1. The molecule has 0 unspecified atom stereocenters. The second kappa shape index (κ2) is 8.06. The van der Waals surface area contributed by atoms with Crippen LogP contribution in [0.5, 0.6) is 0 Å². The summed E-state index contributed by atoms with van der Waals surface area (Å²) in [6.45, 7) is 4.70. The molecule has 1 fully saturated rings. The van der Waals surface area contributed by atoms with E-state index in [-0.39, 0.29) is 12.0 Å². The predicted octanol–water partition coefficient (Wildman–Crippen LogP) is 2.18. The number of nitrogens with zero attached hydrogens (tertiary/aromatic N) is 4. The van der Waals surface area contributed by atoms with Gasteiger partial charge in [0, 0.05) is 50.8 Å². The molecule has 6 heteroatoms. The summed E-state index contributed by atoms with van der Waals surface area (Å²) in [6, 6.07) is 3.92. The molecule has 3 heterocycles. The molecule has 0 saturated carbocycles. The van der Waals surface area contributed by atoms with Gasteiger partial charge < -0.3 is 14.2 Å². The van der Waals surface area contributed by atoms with Gasteiger partial charge in [0.1, 0.15) is 5.82 Å². The van der Waals surface area contributed by atoms with Gasteiger partial charge in [-0.15, -0.1) is 0 Å². The van der Waals surface area contributed by atoms with Crippen LogP contribution in [0.1, 0.15) is 30.7 Å². The molecule has 2 aromatic heterocycles. The monoisotopic (exact) mass is 328 g/mol. The van der Waals surface area contributed by atoms with Gasteiger partial charge in [0.2, 0.25) is 5.91 Å². The van der Waals surface area contributed by atoms with Crippen LogP contribution in [0, 0.1) is 6.92 Å². The number of rotatable bonds is 6. The molecular formula is C18H24N4O2. The summed E-state index contributed by atoms with van der Waals surface area (Å²) in [6.07, 6.45) is 9.87. The van der Waals surface area contributed by atoms with Crippen LogP contribution in [-0.2, 0) is 22.7 Å². The summed E-state index contributed by atoms with van der Waals surface area (Å²) in [7, 11) is 0. The van der Waals surface area contributed by atoms with E-state index in [0.717, 1.165) is 30.8 Å². The van der Waals surface area contributed by atoms with Crippen LogP contribution in [0.4, 0.5) is 0 Å². The Balaban J connectivity index is 1.46. The second-order valence-corrected chi connectivity index (χ2v) is 6.19. The first-order chi connectivity index (χ1) is 11.7. The average Bonchev–Trinajstić information content (AvgIpc) is 3.04. The van der Waals surface area contributed by atoms with Crippen molar-refractivity contribution >= 4 is 5.91 Å². The minimum absolute atomic E-state index is 0.109. The number of carbonyl (C=O) groups is 1. The third kappa shape index (κ3) is 4.41. The number of amides is 1. The Morgan fingerprint density at radius 1 is 1.42 bits per heavy atom. The maximum absolute atomic E-state index is 12.5. The van der Waals surface area contributed by atoms with Crippen molar-refractivity contribution in [3.63, 3.8) is 0 Å². The Kier molecular flexibility index (Phi) is 5.59. The Hall–Kier alpha value is -2.21. The van der Waals surface area contributed by atoms with E-state index in [4.69, 9.17) is 4.74 Å². The van der Waals surface area contributed by atoms with Crippen LogP contribution >= 0.6 is 0 Å². The molecule has 3 rings (SSSR count). The fourth-order valence-corrected chi connectivity index (χ4v) is 3.01. The molecule has 0 radical (unpaired) electrons. The average molecular weight is 328 g/mol. The third-order valence-corrected chi connectivity index (χ3v) is 4.43. The minimum Gasteiger partial charge on any atom is -0.372 e. The number of hydrogen-bond donors (Lipinski definition) is 0. The van der Waals surface area contributed by atoms with E-state index in [9.17, 15) is 4.79 Å². The fraction of sp³-hybridized carbons (Fsp3) is 0.500. The van der Waals surface area contributed by atoms with Crippen LogP contribution in [0.15, 0.2) is 36.9 Å². The van der Waals surface area contributed by atoms with Crippen molar-refractivity contribution in [2.45, 2.75) is 45.4 Å². The number of piperidine rings is 1. The molecule has 2 aromatic rings. The van der Waals surface area contributed by atoms with Crippen molar-refractivity contribution in [3.05, 3.63) is 48.3 Å². The summed E-state index contributed by atoms with van der Waals surface area (Å²) >= 11 is 0. The maximum Gasteiger partial charge on any atom is 0.224 e. The van der Waals surface area contributed by atoms with Crippen LogP contribution in [-0.4, -0.2) is 44.5 Å². The van der Waals surface area contributed by atoms with Crippen LogP contribution in [0.2, 0.25) is 0 Å². The molecule has 0 aliphatic carbocycles. The lowest BCUT2D eigenvalue weighted by atomic mass is 10.1. The van der Waals surface area contributed by atoms with Crippen LogP contribution in [0.3, 0.4) is 0 Å². The quantitative estimate of drug-likeness (QED) is 0.815. The van der Waals surface area contributed by atoms with Gasteiger partial charge in [-0.3, -0.25) is 9.78 Å². The van der Waals surface area contributed by atoms with Crippen molar-refractivity contribution in [1.82, 2.24) is 19.4 Å². The summed E-state index contributed by atoms with van der Waals surface area (Å²) in [4.78, 5) is 22.7. The highest BCUT2D eigenvalue weighted by Crippen LogP contribution is 2.16. The molecule has 0 spiro atoms. The number of carbonyl (C=O) groups excluding carboxylic acids is 1. The van der Waals surface area contributed by atoms with Crippen molar-refractivity contribution < 1.29 is 9.53 Å². The van der Waals surface area contributed by atoms with Crippen molar-refractivity contribution in [1.29, 1.82) is 0 Å². The number of ether oxygens (including phenoxy) is 1. The van der Waals surface area contributed by atoms with Crippen LogP contribution < -0.4 is 0 Å². The summed E-state index contributed by atoms with van der Waals surface area (Å²) in [5, 5.41) is 0. The lowest BCUT2D eigenvalue weighted by molar-refractivity contribution is -0.135. The highest BCUT2D eigenvalue weighted by Gasteiger charge is 2.24. The van der Waals surface area contributed by atoms with Gasteiger partial charge in [-0.25, -0.2) is 4.98 Å². The fourth-order valence-electron chi connectivity index (χ4n) is 3.01. The van der Waals surface area contributed by atoms with Gasteiger partial charge in [-0.2, -0.15) is 0 Å². The first-order valence-corrected chi connectivity index (χ1v) is 8.48. The van der Waals surface area contributed by atoms with E-state index < -0.39 is 0 Å². The van der Waals surface area contributed by atoms with Crippen molar-refractivity contribution in [3.8, 4) is 0 Å². The van der Waals surface area contributed by atoms with Gasteiger partial charge in [0.15, 0.2) is 0 Å². The predicted molar refractivity (Wildman–Crippen MR) is 90.2 cm³/mol. The van der Waals surface area contributed by atoms with Gasteiger partial charge in [-0.05, 0) is 31.4 Å².